The molecule has 1 amide bonds. The molecule has 0 radical (unpaired) electrons. The summed E-state index contributed by atoms with van der Waals surface area (Å²) in [6, 6.07) is 5.36. The van der Waals surface area contributed by atoms with Crippen LogP contribution in [0, 0.1) is 11.7 Å². The largest absolute Gasteiger partial charge is 0.351 e. The molecule has 1 aliphatic rings. The van der Waals surface area contributed by atoms with Gasteiger partial charge in [0.2, 0.25) is 15.9 Å². The molecule has 0 saturated carbocycles. The van der Waals surface area contributed by atoms with Gasteiger partial charge in [0.1, 0.15) is 10.7 Å². The van der Waals surface area contributed by atoms with Crippen LogP contribution in [-0.4, -0.2) is 37.3 Å². The highest BCUT2D eigenvalue weighted by Gasteiger charge is 2.34. The number of nitrogens with zero attached hydrogens (tertiary/aromatic N) is 1. The zero-order chi connectivity index (χ0) is 17.3. The van der Waals surface area contributed by atoms with Crippen LogP contribution in [0.15, 0.2) is 29.2 Å². The Kier molecular flexibility index (Phi) is 5.10. The van der Waals surface area contributed by atoms with E-state index in [1.165, 1.54) is 22.5 Å². The van der Waals surface area contributed by atoms with Crippen LogP contribution in [0.3, 0.4) is 0 Å². The molecule has 0 bridgehead atoms. The van der Waals surface area contributed by atoms with Crippen LogP contribution in [-0.2, 0) is 14.8 Å². The maximum Gasteiger partial charge on any atom is 0.245 e. The van der Waals surface area contributed by atoms with Crippen molar-refractivity contribution in [2.45, 2.75) is 44.0 Å². The van der Waals surface area contributed by atoms with E-state index in [4.69, 9.17) is 0 Å². The van der Waals surface area contributed by atoms with Gasteiger partial charge in [-0.3, -0.25) is 4.79 Å². The second kappa shape index (κ2) is 6.57. The van der Waals surface area contributed by atoms with Crippen molar-refractivity contribution in [2.75, 3.05) is 13.1 Å². The van der Waals surface area contributed by atoms with E-state index < -0.39 is 15.8 Å². The van der Waals surface area contributed by atoms with E-state index in [0.29, 0.717) is 12.8 Å². The molecule has 0 unspecified atom stereocenters. The molecule has 0 aromatic heterocycles. The maximum atomic E-state index is 13.8. The molecule has 2 rings (SSSR count). The summed E-state index contributed by atoms with van der Waals surface area (Å²) in [4.78, 5) is 11.8. The smallest absolute Gasteiger partial charge is 0.245 e. The first-order valence-corrected chi connectivity index (χ1v) is 9.12. The van der Waals surface area contributed by atoms with Crippen molar-refractivity contribution in [1.82, 2.24) is 9.62 Å². The summed E-state index contributed by atoms with van der Waals surface area (Å²) in [6.45, 7) is 6.16. The Balaban J connectivity index is 2.04. The van der Waals surface area contributed by atoms with Crippen LogP contribution in [0.2, 0.25) is 0 Å². The summed E-state index contributed by atoms with van der Waals surface area (Å²) in [5.41, 5.74) is -0.312. The Morgan fingerprint density at radius 3 is 2.30 bits per heavy atom. The van der Waals surface area contributed by atoms with Gasteiger partial charge < -0.3 is 5.32 Å². The lowest BCUT2D eigenvalue weighted by molar-refractivity contribution is -0.127. The first kappa shape index (κ1) is 17.9. The molecular formula is C16H23FN2O3S. The van der Waals surface area contributed by atoms with E-state index in [9.17, 15) is 17.6 Å². The van der Waals surface area contributed by atoms with Crippen molar-refractivity contribution in [3.8, 4) is 0 Å². The van der Waals surface area contributed by atoms with Crippen molar-refractivity contribution in [3.63, 3.8) is 0 Å². The van der Waals surface area contributed by atoms with Gasteiger partial charge in [-0.15, -0.1) is 0 Å². The molecule has 1 aliphatic heterocycles. The summed E-state index contributed by atoms with van der Waals surface area (Å²) in [7, 11) is -3.85. The van der Waals surface area contributed by atoms with Gasteiger partial charge in [-0.1, -0.05) is 12.1 Å². The Morgan fingerprint density at radius 2 is 1.78 bits per heavy atom. The molecule has 0 spiro atoms. The lowest BCUT2D eigenvalue weighted by Gasteiger charge is -2.32. The van der Waals surface area contributed by atoms with Gasteiger partial charge in [0.25, 0.3) is 0 Å². The molecule has 1 heterocycles. The molecule has 1 fully saturated rings. The number of hydrogen-bond donors (Lipinski definition) is 1. The molecule has 1 N–H and O–H groups in total. The summed E-state index contributed by atoms with van der Waals surface area (Å²) in [6.07, 6.45) is 0.880. The first-order valence-electron chi connectivity index (χ1n) is 7.68. The van der Waals surface area contributed by atoms with Crippen LogP contribution in [0.5, 0.6) is 0 Å². The summed E-state index contributed by atoms with van der Waals surface area (Å²) in [5.74, 6) is -1.01. The third kappa shape index (κ3) is 4.29. The highest BCUT2D eigenvalue weighted by atomic mass is 32.2. The number of sulfonamides is 1. The normalized spacial score (nSPS) is 17.9. The number of benzene rings is 1. The van der Waals surface area contributed by atoms with Gasteiger partial charge >= 0.3 is 0 Å². The molecule has 23 heavy (non-hydrogen) atoms. The van der Waals surface area contributed by atoms with E-state index in [1.54, 1.807) is 0 Å². The molecular weight excluding hydrogens is 319 g/mol. The van der Waals surface area contributed by atoms with Crippen LogP contribution in [0.1, 0.15) is 33.6 Å². The van der Waals surface area contributed by atoms with Gasteiger partial charge in [-0.2, -0.15) is 4.31 Å². The molecule has 0 aliphatic carbocycles. The fourth-order valence-corrected chi connectivity index (χ4v) is 4.16. The van der Waals surface area contributed by atoms with Crippen molar-refractivity contribution in [3.05, 3.63) is 30.1 Å². The van der Waals surface area contributed by atoms with Crippen LogP contribution >= 0.6 is 0 Å². The lowest BCUT2D eigenvalue weighted by Crippen LogP contribution is -2.47. The number of carbonyl (C=O) groups excluding carboxylic acids is 1. The molecule has 1 aromatic rings. The number of carbonyl (C=O) groups is 1. The van der Waals surface area contributed by atoms with E-state index in [2.05, 4.69) is 5.32 Å². The minimum Gasteiger partial charge on any atom is -0.351 e. The number of amides is 1. The Hall–Kier alpha value is -1.47. The van der Waals surface area contributed by atoms with E-state index in [0.717, 1.165) is 6.07 Å². The van der Waals surface area contributed by atoms with Crippen LogP contribution < -0.4 is 5.32 Å². The second-order valence-corrected chi connectivity index (χ2v) is 8.75. The Bertz CT molecular complexity index is 675. The second-order valence-electron chi connectivity index (χ2n) is 6.85. The molecule has 5 nitrogen and oxygen atoms in total. The van der Waals surface area contributed by atoms with E-state index in [1.807, 2.05) is 20.8 Å². The van der Waals surface area contributed by atoms with Crippen molar-refractivity contribution < 1.29 is 17.6 Å². The SMILES string of the molecule is CC(C)(C)NC(=O)C1CCN(S(=O)(=O)c2ccccc2F)CC1. The average Bonchev–Trinajstić information content (AvgIpc) is 2.46. The number of nitrogens with one attached hydrogen (secondary N) is 1. The zero-order valence-electron chi connectivity index (χ0n) is 13.7. The number of rotatable bonds is 3. The number of hydrogen-bond acceptors (Lipinski definition) is 3. The summed E-state index contributed by atoms with van der Waals surface area (Å²) in [5, 5.41) is 2.92. The monoisotopic (exact) mass is 342 g/mol. The lowest BCUT2D eigenvalue weighted by atomic mass is 9.96. The Morgan fingerprint density at radius 1 is 1.22 bits per heavy atom. The molecule has 128 valence electrons. The minimum absolute atomic E-state index is 0.0551. The van der Waals surface area contributed by atoms with E-state index in [-0.39, 0.29) is 35.3 Å². The maximum absolute atomic E-state index is 13.8. The number of piperidine rings is 1. The van der Waals surface area contributed by atoms with Crippen molar-refractivity contribution in [2.24, 2.45) is 5.92 Å². The Labute approximate surface area is 136 Å². The molecule has 1 saturated heterocycles. The van der Waals surface area contributed by atoms with E-state index >= 15 is 0 Å². The minimum atomic E-state index is -3.85. The summed E-state index contributed by atoms with van der Waals surface area (Å²) < 4.78 is 40.0. The van der Waals surface area contributed by atoms with Gasteiger partial charge in [0.15, 0.2) is 0 Å². The van der Waals surface area contributed by atoms with Crippen LogP contribution in [0.4, 0.5) is 4.39 Å². The quantitative estimate of drug-likeness (QED) is 0.915. The molecule has 1 aromatic carbocycles. The van der Waals surface area contributed by atoms with Crippen LogP contribution in [0.25, 0.3) is 0 Å². The zero-order valence-corrected chi connectivity index (χ0v) is 14.5. The summed E-state index contributed by atoms with van der Waals surface area (Å²) >= 11 is 0. The van der Waals surface area contributed by atoms with Gasteiger partial charge in [-0.05, 0) is 45.7 Å². The molecule has 0 atom stereocenters. The third-order valence-electron chi connectivity index (χ3n) is 3.78. The first-order chi connectivity index (χ1) is 10.6. The third-order valence-corrected chi connectivity index (χ3v) is 5.71. The fraction of sp³-hybridized carbons (Fsp3) is 0.562. The highest BCUT2D eigenvalue weighted by Crippen LogP contribution is 2.25. The van der Waals surface area contributed by atoms with Gasteiger partial charge in [0.05, 0.1) is 0 Å². The highest BCUT2D eigenvalue weighted by molar-refractivity contribution is 7.89. The predicted molar refractivity (Wildman–Crippen MR) is 85.8 cm³/mol. The topological polar surface area (TPSA) is 66.5 Å². The number of halogens is 1. The van der Waals surface area contributed by atoms with Crippen molar-refractivity contribution in [1.29, 1.82) is 0 Å². The fourth-order valence-electron chi connectivity index (χ4n) is 2.62. The van der Waals surface area contributed by atoms with Gasteiger partial charge in [-0.25, -0.2) is 12.8 Å². The predicted octanol–water partition coefficient (Wildman–Crippen LogP) is 2.14. The average molecular weight is 342 g/mol. The molecule has 7 heteroatoms. The standard InChI is InChI=1S/C16H23FN2O3S/c1-16(2,3)18-15(20)12-8-10-19(11-9-12)23(21,22)14-7-5-4-6-13(14)17/h4-7,12H,8-11H2,1-3H3,(H,18,20). The van der Waals surface area contributed by atoms with Gasteiger partial charge in [0, 0.05) is 24.5 Å². The van der Waals surface area contributed by atoms with Crippen molar-refractivity contribution >= 4 is 15.9 Å².